The number of amides is 1. The van der Waals surface area contributed by atoms with Crippen LogP contribution in [0.2, 0.25) is 0 Å². The van der Waals surface area contributed by atoms with Crippen molar-refractivity contribution in [3.8, 4) is 0 Å². The van der Waals surface area contributed by atoms with Gasteiger partial charge in [-0.2, -0.15) is 0 Å². The Hall–Kier alpha value is -1.95. The molecule has 0 radical (unpaired) electrons. The van der Waals surface area contributed by atoms with Gasteiger partial charge in [0.05, 0.1) is 6.10 Å². The number of rotatable bonds is 5. The lowest BCUT2D eigenvalue weighted by Gasteiger charge is -2.35. The summed E-state index contributed by atoms with van der Waals surface area (Å²) < 4.78 is 5.41. The molecule has 0 atom stereocenters. The standard InChI is InChI=1S/C13H16N2O4/c1-2-19-10-6-9(7-10)15-12(16)8-3-4-14-11(5-8)13(17)18/h3-5,9-10H,2,6-7H2,1H3,(H,15,16)(H,17,18). The Morgan fingerprint density at radius 1 is 1.53 bits per heavy atom. The Labute approximate surface area is 110 Å². The summed E-state index contributed by atoms with van der Waals surface area (Å²) in [6.07, 6.45) is 3.15. The number of hydrogen-bond donors (Lipinski definition) is 2. The predicted molar refractivity (Wildman–Crippen MR) is 67.1 cm³/mol. The van der Waals surface area contributed by atoms with Crippen LogP contribution in [0.4, 0.5) is 0 Å². The third-order valence-electron chi connectivity index (χ3n) is 3.07. The number of hydrogen-bond acceptors (Lipinski definition) is 4. The van der Waals surface area contributed by atoms with Crippen molar-refractivity contribution in [2.45, 2.75) is 31.9 Å². The maximum absolute atomic E-state index is 11.9. The molecule has 0 bridgehead atoms. The largest absolute Gasteiger partial charge is 0.477 e. The van der Waals surface area contributed by atoms with E-state index in [9.17, 15) is 9.59 Å². The van der Waals surface area contributed by atoms with Crippen LogP contribution in [0.1, 0.15) is 40.6 Å². The van der Waals surface area contributed by atoms with Gasteiger partial charge >= 0.3 is 5.97 Å². The molecule has 102 valence electrons. The number of aromatic carboxylic acids is 1. The van der Waals surface area contributed by atoms with Crippen molar-refractivity contribution >= 4 is 11.9 Å². The van der Waals surface area contributed by atoms with E-state index < -0.39 is 5.97 Å². The van der Waals surface area contributed by atoms with Crippen LogP contribution in [0.15, 0.2) is 18.3 Å². The highest BCUT2D eigenvalue weighted by atomic mass is 16.5. The molecule has 0 spiro atoms. The Morgan fingerprint density at radius 2 is 2.26 bits per heavy atom. The zero-order chi connectivity index (χ0) is 13.8. The number of carbonyl (C=O) groups excluding carboxylic acids is 1. The third-order valence-corrected chi connectivity index (χ3v) is 3.07. The smallest absolute Gasteiger partial charge is 0.354 e. The van der Waals surface area contributed by atoms with Crippen molar-refractivity contribution in [2.75, 3.05) is 6.61 Å². The minimum atomic E-state index is -1.14. The number of ether oxygens (including phenoxy) is 1. The summed E-state index contributed by atoms with van der Waals surface area (Å²) in [5, 5.41) is 11.7. The van der Waals surface area contributed by atoms with E-state index in [1.165, 1.54) is 18.3 Å². The monoisotopic (exact) mass is 264 g/mol. The summed E-state index contributed by atoms with van der Waals surface area (Å²) in [6, 6.07) is 2.88. The van der Waals surface area contributed by atoms with E-state index in [-0.39, 0.29) is 23.7 Å². The second kappa shape index (κ2) is 5.79. The molecule has 0 aliphatic heterocycles. The summed E-state index contributed by atoms with van der Waals surface area (Å²) in [5.41, 5.74) is 0.181. The first-order valence-electron chi connectivity index (χ1n) is 6.22. The molecule has 2 N–H and O–H groups in total. The Kier molecular flexibility index (Phi) is 4.11. The van der Waals surface area contributed by atoms with Crippen molar-refractivity contribution in [1.82, 2.24) is 10.3 Å². The van der Waals surface area contributed by atoms with Gasteiger partial charge in [0.2, 0.25) is 0 Å². The highest BCUT2D eigenvalue weighted by Gasteiger charge is 2.30. The molecule has 1 fully saturated rings. The Balaban J connectivity index is 1.90. The van der Waals surface area contributed by atoms with Crippen molar-refractivity contribution in [1.29, 1.82) is 0 Å². The molecule has 19 heavy (non-hydrogen) atoms. The fourth-order valence-electron chi connectivity index (χ4n) is 2.01. The second-order valence-corrected chi connectivity index (χ2v) is 4.45. The van der Waals surface area contributed by atoms with Crippen LogP contribution in [-0.4, -0.2) is 40.7 Å². The maximum Gasteiger partial charge on any atom is 0.354 e. The quantitative estimate of drug-likeness (QED) is 0.830. The predicted octanol–water partition coefficient (Wildman–Crippen LogP) is 1.08. The number of pyridine rings is 1. The molecule has 6 nitrogen and oxygen atoms in total. The molecule has 0 saturated heterocycles. The lowest BCUT2D eigenvalue weighted by molar-refractivity contribution is -0.00862. The normalized spacial score (nSPS) is 21.5. The lowest BCUT2D eigenvalue weighted by atomic mass is 9.89. The van der Waals surface area contributed by atoms with Gasteiger partial charge in [-0.1, -0.05) is 0 Å². The van der Waals surface area contributed by atoms with E-state index in [0.717, 1.165) is 12.8 Å². The molecule has 1 amide bonds. The first kappa shape index (κ1) is 13.5. The number of carbonyl (C=O) groups is 2. The fourth-order valence-corrected chi connectivity index (χ4v) is 2.01. The Bertz CT molecular complexity index is 483. The van der Waals surface area contributed by atoms with Gasteiger partial charge in [0, 0.05) is 24.4 Å². The molecule has 1 heterocycles. The van der Waals surface area contributed by atoms with Crippen LogP contribution in [-0.2, 0) is 4.74 Å². The van der Waals surface area contributed by atoms with Crippen molar-refractivity contribution in [3.05, 3.63) is 29.6 Å². The van der Waals surface area contributed by atoms with Crippen LogP contribution in [0, 0.1) is 0 Å². The molecular formula is C13H16N2O4. The topological polar surface area (TPSA) is 88.5 Å². The summed E-state index contributed by atoms with van der Waals surface area (Å²) in [6.45, 7) is 2.62. The first-order valence-corrected chi connectivity index (χ1v) is 6.22. The SMILES string of the molecule is CCOC1CC(NC(=O)c2ccnc(C(=O)O)c2)C1. The average molecular weight is 264 g/mol. The van der Waals surface area contributed by atoms with E-state index in [4.69, 9.17) is 9.84 Å². The minimum Gasteiger partial charge on any atom is -0.477 e. The van der Waals surface area contributed by atoms with Crippen LogP contribution < -0.4 is 5.32 Å². The van der Waals surface area contributed by atoms with Gasteiger partial charge in [0.15, 0.2) is 0 Å². The molecule has 1 aliphatic rings. The molecule has 0 aromatic carbocycles. The van der Waals surface area contributed by atoms with Crippen LogP contribution >= 0.6 is 0 Å². The fraction of sp³-hybridized carbons (Fsp3) is 0.462. The second-order valence-electron chi connectivity index (χ2n) is 4.45. The zero-order valence-electron chi connectivity index (χ0n) is 10.6. The van der Waals surface area contributed by atoms with Gasteiger partial charge in [-0.05, 0) is 31.9 Å². The maximum atomic E-state index is 11.9. The Morgan fingerprint density at radius 3 is 2.89 bits per heavy atom. The average Bonchev–Trinajstić information content (AvgIpc) is 2.36. The van der Waals surface area contributed by atoms with Crippen LogP contribution in [0.5, 0.6) is 0 Å². The van der Waals surface area contributed by atoms with Gasteiger partial charge in [-0.25, -0.2) is 9.78 Å². The van der Waals surface area contributed by atoms with Crippen molar-refractivity contribution in [2.24, 2.45) is 0 Å². The van der Waals surface area contributed by atoms with Gasteiger partial charge in [0.1, 0.15) is 5.69 Å². The molecule has 0 unspecified atom stereocenters. The van der Waals surface area contributed by atoms with Gasteiger partial charge in [-0.3, -0.25) is 4.79 Å². The number of carboxylic acids is 1. The third kappa shape index (κ3) is 3.29. The minimum absolute atomic E-state index is 0.102. The van der Waals surface area contributed by atoms with Gasteiger partial charge in [-0.15, -0.1) is 0 Å². The molecule has 6 heteroatoms. The highest BCUT2D eigenvalue weighted by molar-refractivity contribution is 5.96. The summed E-state index contributed by atoms with van der Waals surface area (Å²) in [5.74, 6) is -1.42. The molecule has 1 saturated carbocycles. The highest BCUT2D eigenvalue weighted by Crippen LogP contribution is 2.23. The lowest BCUT2D eigenvalue weighted by Crippen LogP contribution is -2.47. The van der Waals surface area contributed by atoms with E-state index in [2.05, 4.69) is 10.3 Å². The van der Waals surface area contributed by atoms with Gasteiger partial charge in [0.25, 0.3) is 5.91 Å². The van der Waals surface area contributed by atoms with Gasteiger partial charge < -0.3 is 15.2 Å². The van der Waals surface area contributed by atoms with E-state index in [1.807, 2.05) is 6.92 Å². The van der Waals surface area contributed by atoms with Crippen molar-refractivity contribution in [3.63, 3.8) is 0 Å². The van der Waals surface area contributed by atoms with Crippen molar-refractivity contribution < 1.29 is 19.4 Å². The first-order chi connectivity index (χ1) is 9.10. The van der Waals surface area contributed by atoms with E-state index in [0.29, 0.717) is 12.2 Å². The molecule has 1 aromatic rings. The molecule has 2 rings (SSSR count). The van der Waals surface area contributed by atoms with Crippen LogP contribution in [0.25, 0.3) is 0 Å². The number of nitrogens with one attached hydrogen (secondary N) is 1. The number of aromatic nitrogens is 1. The van der Waals surface area contributed by atoms with E-state index in [1.54, 1.807) is 0 Å². The van der Waals surface area contributed by atoms with E-state index >= 15 is 0 Å². The number of carboxylic acid groups (broad SMARTS) is 1. The summed E-state index contributed by atoms with van der Waals surface area (Å²) >= 11 is 0. The summed E-state index contributed by atoms with van der Waals surface area (Å²) in [7, 11) is 0. The molecule has 1 aliphatic carbocycles. The zero-order valence-corrected chi connectivity index (χ0v) is 10.6. The molecular weight excluding hydrogens is 248 g/mol. The molecule has 1 aromatic heterocycles. The summed E-state index contributed by atoms with van der Waals surface area (Å²) in [4.78, 5) is 26.4. The number of nitrogens with zero attached hydrogens (tertiary/aromatic N) is 1. The van der Waals surface area contributed by atoms with Crippen LogP contribution in [0.3, 0.4) is 0 Å².